The van der Waals surface area contributed by atoms with E-state index in [4.69, 9.17) is 1.41 Å². The van der Waals surface area contributed by atoms with Gasteiger partial charge in [0.05, 0.1) is 1.41 Å². The second kappa shape index (κ2) is 1.77. The lowest BCUT2D eigenvalue weighted by Crippen LogP contribution is -1.80. The van der Waals surface area contributed by atoms with E-state index in [1.807, 2.05) is 0 Å². The van der Waals surface area contributed by atoms with Gasteiger partial charge in [0.2, 0.25) is 0 Å². The van der Waals surface area contributed by atoms with Crippen LogP contribution in [0.2, 0.25) is 1.41 Å². The van der Waals surface area contributed by atoms with Crippen LogP contribution in [0.4, 0.5) is 0 Å². The quantitative estimate of drug-likeness (QED) is 0.276. The summed E-state index contributed by atoms with van der Waals surface area (Å²) in [7, 11) is 2.68. The summed E-state index contributed by atoms with van der Waals surface area (Å²) >= 11 is 0. The summed E-state index contributed by atoms with van der Waals surface area (Å²) in [6.07, 6.45) is 0. The predicted octanol–water partition coefficient (Wildman–Crippen LogP) is -0.0318. The lowest BCUT2D eigenvalue weighted by atomic mass is 12.0. The largest absolute Gasteiger partial charge is 0.425 e. The van der Waals surface area contributed by atoms with Crippen molar-refractivity contribution in [2.45, 2.75) is 0 Å². The maximum atomic E-state index is 6.31. The molecule has 0 aromatic heterocycles. The van der Waals surface area contributed by atoms with Gasteiger partial charge < -0.3 is 15.0 Å². The van der Waals surface area contributed by atoms with Crippen molar-refractivity contribution in [2.75, 3.05) is 0 Å². The van der Waals surface area contributed by atoms with E-state index in [1.165, 1.54) is 0 Å². The van der Waals surface area contributed by atoms with E-state index in [0.29, 0.717) is 0 Å². The van der Waals surface area contributed by atoms with Crippen LogP contribution in [0.15, 0.2) is 0 Å². The molecule has 0 unspecified atom stereocenters. The summed E-state index contributed by atoms with van der Waals surface area (Å²) in [6.45, 7) is 0. The van der Waals surface area contributed by atoms with E-state index in [0.717, 1.165) is 0 Å². The zero-order chi connectivity index (χ0) is 4.28. The van der Waals surface area contributed by atoms with Gasteiger partial charge in [-0.25, -0.2) is 5.87 Å². The fourth-order valence-corrected chi connectivity index (χ4v) is 0. The Morgan fingerprint density at radius 1 is 2.50 bits per heavy atom. The maximum absolute atomic E-state index is 6.31. The molecule has 0 bridgehead atoms. The summed E-state index contributed by atoms with van der Waals surface area (Å²) in [5, 5.41) is 2.11. The molecule has 0 aromatic rings. The van der Waals surface area contributed by atoms with Crippen molar-refractivity contribution in [2.24, 2.45) is 5.13 Å². The van der Waals surface area contributed by atoms with Gasteiger partial charge in [0, 0.05) is 0 Å². The van der Waals surface area contributed by atoms with Crippen molar-refractivity contribution in [3.05, 3.63) is 0 Å². The molecule has 1 nitrogen and oxygen atoms in total. The minimum Gasteiger partial charge on any atom is -0.425 e. The fourth-order valence-electron chi connectivity index (χ4n) is 0. The fraction of sp³-hybridized carbons (Fsp3) is 0. The molecular formula is CH5NPS-. The van der Waals surface area contributed by atoms with Gasteiger partial charge in [0.1, 0.15) is 0 Å². The Morgan fingerprint density at radius 3 is 2.75 bits per heavy atom. The van der Waals surface area contributed by atoms with E-state index in [2.05, 4.69) is 19.0 Å². The van der Waals surface area contributed by atoms with Gasteiger partial charge >= 0.3 is 0 Å². The first kappa shape index (κ1) is 2.70. The number of hydrogen-bond donors (Lipinski definition) is 1. The molecule has 0 heterocycles. The molecule has 4 heavy (non-hydrogen) atoms. The first-order chi connectivity index (χ1) is 2.27. The molecule has 0 atom stereocenters. The molecule has 0 saturated heterocycles. The Balaban J connectivity index is 3.23. The van der Waals surface area contributed by atoms with Crippen molar-refractivity contribution in [3.63, 3.8) is 0 Å². The minimum absolute atomic E-state index is 0.350. The van der Waals surface area contributed by atoms with Gasteiger partial charge in [-0.1, -0.05) is 0 Å². The molecule has 0 radical (unpaired) electrons. The average Bonchev–Trinajstić information content (AvgIpc) is 1.38. The summed E-state index contributed by atoms with van der Waals surface area (Å²) < 4.78 is 6.31. The molecule has 0 rings (SSSR count). The van der Waals surface area contributed by atoms with Crippen LogP contribution in [0.3, 0.4) is 0 Å². The Bertz CT molecular complexity index is 69.7. The predicted molar refractivity (Wildman–Crippen MR) is 27.0 cm³/mol. The van der Waals surface area contributed by atoms with Crippen LogP contribution >= 0.6 is 8.02 Å². The van der Waals surface area contributed by atoms with Crippen LogP contribution < -0.4 is 5.13 Å². The van der Waals surface area contributed by atoms with Gasteiger partial charge in [0.15, 0.2) is 0 Å². The highest BCUT2D eigenvalue weighted by Crippen LogP contribution is 1.48. The third-order valence-electron chi connectivity index (χ3n) is 0. The van der Waals surface area contributed by atoms with Crippen LogP contribution in [0.25, 0.3) is 0 Å². The Labute approximate surface area is 31.2 Å². The summed E-state index contributed by atoms with van der Waals surface area (Å²) in [5.41, 5.74) is 0. The molecule has 0 aliphatic heterocycles. The Morgan fingerprint density at radius 2 is 2.75 bits per heavy atom. The zero-order valence-corrected chi connectivity index (χ0v) is 3.93. The molecule has 0 aliphatic rings. The van der Waals surface area contributed by atoms with Crippen molar-refractivity contribution in [1.29, 1.82) is 0 Å². The Kier molecular flexibility index (Phi) is 1.19. The third-order valence-corrected chi connectivity index (χ3v) is 0. The van der Waals surface area contributed by atoms with E-state index < -0.39 is 0 Å². The van der Waals surface area contributed by atoms with Crippen molar-refractivity contribution in [3.8, 4) is 0 Å². The number of nitrogens with two attached hydrogens (primary N) is 1. The van der Waals surface area contributed by atoms with Gasteiger partial charge in [-0.05, 0) is 0 Å². The molecule has 3 heteroatoms. The average molecular weight is 95.1 g/mol. The summed E-state index contributed by atoms with van der Waals surface area (Å²) in [5.74, 6) is 3.40. The molecule has 0 saturated carbocycles. The van der Waals surface area contributed by atoms with E-state index in [1.54, 1.807) is 0 Å². The molecule has 0 aromatic carbocycles. The standard InChI is InChI=1S/CH5NPS/c1-4(2)3/h3H,1-2H2/q-1/i/hD. The lowest BCUT2D eigenvalue weighted by Gasteiger charge is -1.78. The molecule has 0 spiro atoms. The zero-order valence-electron chi connectivity index (χ0n) is 3.12. The van der Waals surface area contributed by atoms with Crippen LogP contribution in [-0.4, -0.2) is 5.87 Å². The van der Waals surface area contributed by atoms with Crippen LogP contribution in [0, 0.1) is 0 Å². The third kappa shape index (κ3) is 23.6. The number of rotatable bonds is 1. The summed E-state index contributed by atoms with van der Waals surface area (Å²) in [6, 6.07) is 0. The first-order valence-electron chi connectivity index (χ1n) is 1.20. The van der Waals surface area contributed by atoms with Gasteiger partial charge in [-0.2, -0.15) is 0 Å². The topological polar surface area (TPSA) is 26.0 Å². The summed E-state index contributed by atoms with van der Waals surface area (Å²) in [4.78, 5) is 0. The monoisotopic (exact) mass is 95.0 g/mol. The van der Waals surface area contributed by atoms with Crippen molar-refractivity contribution < 1.29 is 1.41 Å². The molecule has 26 valence electrons. The van der Waals surface area contributed by atoms with Crippen molar-refractivity contribution in [1.82, 2.24) is 0 Å². The normalized spacial score (nSPS) is 11.8. The molecule has 0 aliphatic carbocycles. The highest BCUT2D eigenvalue weighted by atomic mass is 32.5. The second-order valence-electron chi connectivity index (χ2n) is 0.391. The SMILES string of the molecule is [2H]N[S-](=C)=P. The van der Waals surface area contributed by atoms with Crippen molar-refractivity contribution >= 4 is 23.7 Å². The molecule has 0 fully saturated rings. The highest BCUT2D eigenvalue weighted by molar-refractivity contribution is 8.12. The van der Waals surface area contributed by atoms with E-state index >= 15 is 0 Å². The minimum atomic E-state index is -0.350. The van der Waals surface area contributed by atoms with Gasteiger partial charge in [0.25, 0.3) is 0 Å². The lowest BCUT2D eigenvalue weighted by molar-refractivity contribution is 2.06. The van der Waals surface area contributed by atoms with Crippen LogP contribution in [0.5, 0.6) is 0 Å². The number of hydrogen-bond acceptors (Lipinski definition) is 1. The molecule has 2 N–H and O–H groups in total. The van der Waals surface area contributed by atoms with Gasteiger partial charge in [-0.3, -0.25) is 8.02 Å². The van der Waals surface area contributed by atoms with Crippen LogP contribution in [-0.2, 0) is 9.85 Å². The van der Waals surface area contributed by atoms with Gasteiger partial charge in [-0.15, -0.1) is 0 Å². The highest BCUT2D eigenvalue weighted by Gasteiger charge is 1.05. The molecular weight excluding hydrogens is 89.1 g/mol. The smallest absolute Gasteiger partial charge is 0.0941 e. The molecule has 0 amide bonds. The second-order valence-corrected chi connectivity index (χ2v) is 2.65. The Hall–Kier alpha value is 0.480. The van der Waals surface area contributed by atoms with E-state index in [9.17, 15) is 0 Å². The van der Waals surface area contributed by atoms with Crippen LogP contribution in [0.1, 0.15) is 0 Å². The maximum Gasteiger partial charge on any atom is 0.0941 e. The first-order valence-corrected chi connectivity index (χ1v) is 3.32. The van der Waals surface area contributed by atoms with E-state index in [-0.39, 0.29) is 9.85 Å².